The van der Waals surface area contributed by atoms with Gasteiger partial charge in [0.05, 0.1) is 29.2 Å². The SMILES string of the molecule is COc1ccc(C(=O)Oc2c(Br)cc(/C=C(\C#N)C(=O)Nc3ccc(Cl)c([N+](=O)[O-])c3)cc2OC)cc1. The minimum atomic E-state index is -0.802. The van der Waals surface area contributed by atoms with E-state index < -0.39 is 22.5 Å². The molecule has 0 aliphatic carbocycles. The largest absolute Gasteiger partial charge is 0.497 e. The summed E-state index contributed by atoms with van der Waals surface area (Å²) in [5, 5.41) is 22.9. The Morgan fingerprint density at radius 2 is 1.81 bits per heavy atom. The summed E-state index contributed by atoms with van der Waals surface area (Å²) < 4.78 is 16.2. The van der Waals surface area contributed by atoms with Crippen molar-refractivity contribution in [2.75, 3.05) is 19.5 Å². The van der Waals surface area contributed by atoms with E-state index in [0.717, 1.165) is 6.07 Å². The number of anilines is 1. The molecule has 0 aromatic heterocycles. The smallest absolute Gasteiger partial charge is 0.343 e. The lowest BCUT2D eigenvalue weighted by atomic mass is 10.1. The molecule has 0 unspecified atom stereocenters. The molecule has 1 amide bonds. The number of nitrogens with zero attached hydrogens (tertiary/aromatic N) is 2. The van der Waals surface area contributed by atoms with Crippen LogP contribution in [0, 0.1) is 21.4 Å². The Labute approximate surface area is 224 Å². The number of amides is 1. The lowest BCUT2D eigenvalue weighted by molar-refractivity contribution is -0.384. The molecule has 0 bridgehead atoms. The van der Waals surface area contributed by atoms with Crippen molar-refractivity contribution >= 4 is 56.9 Å². The second-order valence-electron chi connectivity index (χ2n) is 7.20. The summed E-state index contributed by atoms with van der Waals surface area (Å²) in [6.07, 6.45) is 1.28. The van der Waals surface area contributed by atoms with Gasteiger partial charge >= 0.3 is 5.97 Å². The van der Waals surface area contributed by atoms with Crippen LogP contribution in [0.2, 0.25) is 5.02 Å². The van der Waals surface area contributed by atoms with Crippen LogP contribution in [-0.2, 0) is 4.79 Å². The van der Waals surface area contributed by atoms with Crippen molar-refractivity contribution in [3.63, 3.8) is 0 Å². The highest BCUT2D eigenvalue weighted by molar-refractivity contribution is 9.10. The van der Waals surface area contributed by atoms with E-state index in [1.807, 2.05) is 0 Å². The van der Waals surface area contributed by atoms with E-state index in [1.165, 1.54) is 44.6 Å². The number of methoxy groups -OCH3 is 2. The minimum absolute atomic E-state index is 0.0850. The van der Waals surface area contributed by atoms with E-state index in [9.17, 15) is 25.0 Å². The first kappa shape index (κ1) is 27.2. The van der Waals surface area contributed by atoms with E-state index in [1.54, 1.807) is 30.3 Å². The van der Waals surface area contributed by atoms with Gasteiger partial charge in [-0.1, -0.05) is 11.6 Å². The Balaban J connectivity index is 1.85. The van der Waals surface area contributed by atoms with Crippen molar-refractivity contribution in [1.29, 1.82) is 5.26 Å². The maximum absolute atomic E-state index is 12.6. The molecule has 0 aliphatic heterocycles. The predicted octanol–water partition coefficient (Wildman–Crippen LogP) is 5.79. The molecule has 0 heterocycles. The number of nitro benzene ring substituents is 1. The highest BCUT2D eigenvalue weighted by atomic mass is 79.9. The van der Waals surface area contributed by atoms with Gasteiger partial charge in [-0.05, 0) is 76.1 Å². The van der Waals surface area contributed by atoms with Gasteiger partial charge in [-0.25, -0.2) is 4.79 Å². The minimum Gasteiger partial charge on any atom is -0.497 e. The molecule has 37 heavy (non-hydrogen) atoms. The zero-order valence-electron chi connectivity index (χ0n) is 19.3. The molecule has 0 saturated heterocycles. The average molecular weight is 587 g/mol. The Hall–Kier alpha value is -4.40. The Bertz CT molecular complexity index is 1450. The number of nitrogens with one attached hydrogen (secondary N) is 1. The fraction of sp³-hybridized carbons (Fsp3) is 0.0800. The molecule has 188 valence electrons. The lowest BCUT2D eigenvalue weighted by Gasteiger charge is -2.13. The molecule has 0 spiro atoms. The summed E-state index contributed by atoms with van der Waals surface area (Å²) >= 11 is 9.12. The van der Waals surface area contributed by atoms with Crippen molar-refractivity contribution in [2.45, 2.75) is 0 Å². The van der Waals surface area contributed by atoms with Crippen molar-refractivity contribution in [3.8, 4) is 23.3 Å². The zero-order chi connectivity index (χ0) is 27.1. The van der Waals surface area contributed by atoms with Gasteiger partial charge in [0.1, 0.15) is 22.4 Å². The fourth-order valence-corrected chi connectivity index (χ4v) is 3.77. The monoisotopic (exact) mass is 585 g/mol. The molecule has 0 aliphatic rings. The second kappa shape index (κ2) is 12.0. The Kier molecular flexibility index (Phi) is 8.84. The molecule has 3 aromatic carbocycles. The number of benzene rings is 3. The molecular formula is C25H17BrClN3O7. The van der Waals surface area contributed by atoms with Crippen molar-refractivity contribution in [1.82, 2.24) is 0 Å². The van der Waals surface area contributed by atoms with Gasteiger partial charge in [-0.2, -0.15) is 5.26 Å². The summed E-state index contributed by atoms with van der Waals surface area (Å²) in [4.78, 5) is 35.6. The van der Waals surface area contributed by atoms with Gasteiger partial charge in [0, 0.05) is 11.8 Å². The van der Waals surface area contributed by atoms with Crippen LogP contribution in [0.5, 0.6) is 17.2 Å². The molecule has 0 radical (unpaired) electrons. The summed E-state index contributed by atoms with van der Waals surface area (Å²) in [6, 6.07) is 14.8. The third-order valence-corrected chi connectivity index (χ3v) is 5.76. The van der Waals surface area contributed by atoms with E-state index in [4.69, 9.17) is 25.8 Å². The topological polar surface area (TPSA) is 141 Å². The van der Waals surface area contributed by atoms with Crippen molar-refractivity contribution in [2.24, 2.45) is 0 Å². The van der Waals surface area contributed by atoms with Crippen molar-refractivity contribution in [3.05, 3.63) is 90.9 Å². The zero-order valence-corrected chi connectivity index (χ0v) is 21.6. The van der Waals surface area contributed by atoms with Crippen molar-refractivity contribution < 1.29 is 28.7 Å². The highest BCUT2D eigenvalue weighted by Crippen LogP contribution is 2.38. The van der Waals surface area contributed by atoms with Gasteiger partial charge in [0.2, 0.25) is 0 Å². The van der Waals surface area contributed by atoms with Crippen LogP contribution in [0.3, 0.4) is 0 Å². The van der Waals surface area contributed by atoms with E-state index >= 15 is 0 Å². The molecule has 10 nitrogen and oxygen atoms in total. The van der Waals surface area contributed by atoms with Gasteiger partial charge in [0.15, 0.2) is 11.5 Å². The molecule has 12 heteroatoms. The third kappa shape index (κ3) is 6.63. The summed E-state index contributed by atoms with van der Waals surface area (Å²) in [7, 11) is 2.88. The molecule has 3 rings (SSSR count). The maximum Gasteiger partial charge on any atom is 0.343 e. The van der Waals surface area contributed by atoms with Crippen LogP contribution < -0.4 is 19.5 Å². The van der Waals surface area contributed by atoms with Gasteiger partial charge in [-0.3, -0.25) is 14.9 Å². The first-order chi connectivity index (χ1) is 17.7. The van der Waals surface area contributed by atoms with Gasteiger partial charge in [-0.15, -0.1) is 0 Å². The summed E-state index contributed by atoms with van der Waals surface area (Å²) in [5.74, 6) is -0.605. The fourth-order valence-electron chi connectivity index (χ4n) is 3.04. The van der Waals surface area contributed by atoms with Crippen LogP contribution >= 0.6 is 27.5 Å². The number of carbonyl (C=O) groups is 2. The first-order valence-corrected chi connectivity index (χ1v) is 11.4. The lowest BCUT2D eigenvalue weighted by Crippen LogP contribution is -2.13. The Morgan fingerprint density at radius 3 is 2.41 bits per heavy atom. The van der Waals surface area contributed by atoms with Crippen LogP contribution in [-0.4, -0.2) is 31.0 Å². The summed E-state index contributed by atoms with van der Waals surface area (Å²) in [6.45, 7) is 0. The number of nitriles is 1. The summed E-state index contributed by atoms with van der Waals surface area (Å²) in [5.41, 5.74) is 0.0538. The van der Waals surface area contributed by atoms with Gasteiger partial charge in [0.25, 0.3) is 11.6 Å². The number of hydrogen-bond donors (Lipinski definition) is 1. The van der Waals surface area contributed by atoms with E-state index in [0.29, 0.717) is 15.8 Å². The Morgan fingerprint density at radius 1 is 1.11 bits per heavy atom. The molecule has 3 aromatic rings. The predicted molar refractivity (Wildman–Crippen MR) is 139 cm³/mol. The van der Waals surface area contributed by atoms with Crippen LogP contribution in [0.25, 0.3) is 6.08 Å². The maximum atomic E-state index is 12.6. The average Bonchev–Trinajstić information content (AvgIpc) is 2.89. The number of esters is 1. The van der Waals surface area contributed by atoms with E-state index in [-0.39, 0.29) is 33.3 Å². The number of carbonyl (C=O) groups excluding carboxylic acids is 2. The number of rotatable bonds is 8. The molecule has 0 atom stereocenters. The second-order valence-corrected chi connectivity index (χ2v) is 8.46. The molecular weight excluding hydrogens is 570 g/mol. The normalized spacial score (nSPS) is 10.7. The third-order valence-electron chi connectivity index (χ3n) is 4.85. The van der Waals surface area contributed by atoms with E-state index in [2.05, 4.69) is 21.2 Å². The quantitative estimate of drug-likeness (QED) is 0.0873. The molecule has 1 N–H and O–H groups in total. The van der Waals surface area contributed by atoms with Crippen LogP contribution in [0.15, 0.2) is 64.6 Å². The number of ether oxygens (including phenoxy) is 3. The number of halogens is 2. The standard InChI is InChI=1S/C25H17BrClN3O7/c1-35-18-6-3-15(4-7-18)25(32)37-23-19(26)10-14(11-22(23)36-2)9-16(13-28)24(31)29-17-5-8-20(27)21(12-17)30(33)34/h3-12H,1-2H3,(H,29,31)/b16-9+. The van der Waals surface area contributed by atoms with Gasteiger partial charge < -0.3 is 19.5 Å². The molecule has 0 fully saturated rings. The first-order valence-electron chi connectivity index (χ1n) is 10.3. The van der Waals surface area contributed by atoms with Crippen LogP contribution in [0.1, 0.15) is 15.9 Å². The highest BCUT2D eigenvalue weighted by Gasteiger charge is 2.19. The molecule has 0 saturated carbocycles. The number of nitro groups is 1. The number of hydrogen-bond acceptors (Lipinski definition) is 8. The van der Waals surface area contributed by atoms with Crippen LogP contribution in [0.4, 0.5) is 11.4 Å².